The van der Waals surface area contributed by atoms with Crippen LogP contribution in [0, 0.1) is 17.7 Å². The Kier molecular flexibility index (Phi) is 4.99. The van der Waals surface area contributed by atoms with Gasteiger partial charge in [0.05, 0.1) is 25.3 Å². The number of pyridine rings is 1. The van der Waals surface area contributed by atoms with Crippen molar-refractivity contribution in [3.05, 3.63) is 29.8 Å². The summed E-state index contributed by atoms with van der Waals surface area (Å²) in [6.07, 6.45) is 5.29. The second kappa shape index (κ2) is 7.38. The van der Waals surface area contributed by atoms with Gasteiger partial charge in [0.1, 0.15) is 5.82 Å². The van der Waals surface area contributed by atoms with Crippen LogP contribution in [-0.4, -0.2) is 66.1 Å². The topological polar surface area (TPSA) is 45.7 Å². The Labute approximate surface area is 148 Å². The molecule has 1 aromatic heterocycles. The lowest BCUT2D eigenvalue weighted by Gasteiger charge is -2.38. The predicted molar refractivity (Wildman–Crippen MR) is 91.5 cm³/mol. The van der Waals surface area contributed by atoms with Gasteiger partial charge in [0.15, 0.2) is 0 Å². The van der Waals surface area contributed by atoms with Crippen LogP contribution in [0.2, 0.25) is 0 Å². The van der Waals surface area contributed by atoms with Crippen LogP contribution in [0.4, 0.5) is 4.39 Å². The molecule has 3 heterocycles. The van der Waals surface area contributed by atoms with Gasteiger partial charge < -0.3 is 14.5 Å². The fourth-order valence-electron chi connectivity index (χ4n) is 3.95. The molecule has 25 heavy (non-hydrogen) atoms. The Morgan fingerprint density at radius 1 is 1.24 bits per heavy atom. The van der Waals surface area contributed by atoms with Crippen molar-refractivity contribution in [3.63, 3.8) is 0 Å². The molecule has 2 atom stereocenters. The van der Waals surface area contributed by atoms with Crippen LogP contribution >= 0.6 is 0 Å². The summed E-state index contributed by atoms with van der Waals surface area (Å²) < 4.78 is 19.0. The molecule has 0 aromatic carbocycles. The lowest BCUT2D eigenvalue weighted by molar-refractivity contribution is -0.136. The molecule has 136 valence electrons. The van der Waals surface area contributed by atoms with E-state index in [0.717, 1.165) is 44.8 Å². The second-order valence-electron chi connectivity index (χ2n) is 7.65. The number of piperidine rings is 1. The first-order valence-corrected chi connectivity index (χ1v) is 9.39. The minimum absolute atomic E-state index is 0.0558. The Bertz CT molecular complexity index is 605. The van der Waals surface area contributed by atoms with Gasteiger partial charge in [-0.15, -0.1) is 0 Å². The number of carbonyl (C=O) groups is 1. The van der Waals surface area contributed by atoms with Gasteiger partial charge in [-0.3, -0.25) is 9.78 Å². The van der Waals surface area contributed by atoms with Crippen molar-refractivity contribution in [1.82, 2.24) is 14.8 Å². The van der Waals surface area contributed by atoms with Gasteiger partial charge in [-0.25, -0.2) is 4.39 Å². The van der Waals surface area contributed by atoms with Crippen molar-refractivity contribution in [3.8, 4) is 0 Å². The van der Waals surface area contributed by atoms with E-state index in [1.54, 1.807) is 6.07 Å². The molecule has 2 saturated heterocycles. The summed E-state index contributed by atoms with van der Waals surface area (Å²) in [5.74, 6) is 1.11. The molecule has 3 fully saturated rings. The molecule has 2 aliphatic heterocycles. The Morgan fingerprint density at radius 3 is 2.88 bits per heavy atom. The normalized spacial score (nSPS) is 27.6. The third-order valence-corrected chi connectivity index (χ3v) is 5.62. The number of fused-ring (bicyclic) bond motifs is 1. The van der Waals surface area contributed by atoms with Crippen LogP contribution < -0.4 is 0 Å². The summed E-state index contributed by atoms with van der Waals surface area (Å²) in [6, 6.07) is 2.93. The molecular formula is C19H26FN3O2. The number of carbonyl (C=O) groups excluding carboxylic acids is 1. The summed E-state index contributed by atoms with van der Waals surface area (Å²) in [5.41, 5.74) is 0.617. The molecule has 0 spiro atoms. The zero-order valence-electron chi connectivity index (χ0n) is 14.6. The van der Waals surface area contributed by atoms with E-state index in [9.17, 15) is 9.18 Å². The van der Waals surface area contributed by atoms with Gasteiger partial charge in [0, 0.05) is 44.3 Å². The Balaban J connectivity index is 1.32. The number of nitrogens with zero attached hydrogens (tertiary/aromatic N) is 3. The maximum atomic E-state index is 12.9. The molecule has 1 saturated carbocycles. The van der Waals surface area contributed by atoms with Gasteiger partial charge in [0.2, 0.25) is 5.91 Å². The van der Waals surface area contributed by atoms with Crippen LogP contribution in [-0.2, 0) is 16.0 Å². The van der Waals surface area contributed by atoms with Crippen molar-refractivity contribution < 1.29 is 13.9 Å². The largest absolute Gasteiger partial charge is 0.375 e. The molecule has 3 aliphatic rings. The van der Waals surface area contributed by atoms with Crippen molar-refractivity contribution in [2.75, 3.05) is 39.3 Å². The highest BCUT2D eigenvalue weighted by Gasteiger charge is 2.36. The van der Waals surface area contributed by atoms with E-state index in [-0.39, 0.29) is 24.2 Å². The highest BCUT2D eigenvalue weighted by Crippen LogP contribution is 2.31. The van der Waals surface area contributed by atoms with E-state index in [2.05, 4.69) is 9.88 Å². The first-order chi connectivity index (χ1) is 12.2. The molecule has 0 radical (unpaired) electrons. The predicted octanol–water partition coefficient (Wildman–Crippen LogP) is 1.72. The zero-order chi connectivity index (χ0) is 17.2. The lowest BCUT2D eigenvalue weighted by Crippen LogP contribution is -2.49. The number of aromatic nitrogens is 1. The highest BCUT2D eigenvalue weighted by atomic mass is 19.1. The van der Waals surface area contributed by atoms with E-state index in [0.29, 0.717) is 18.2 Å². The van der Waals surface area contributed by atoms with Crippen LogP contribution in [0.25, 0.3) is 0 Å². The van der Waals surface area contributed by atoms with Gasteiger partial charge >= 0.3 is 0 Å². The molecule has 1 aliphatic carbocycles. The van der Waals surface area contributed by atoms with Crippen molar-refractivity contribution in [2.45, 2.75) is 31.8 Å². The molecule has 0 unspecified atom stereocenters. The van der Waals surface area contributed by atoms with Gasteiger partial charge in [-0.2, -0.15) is 0 Å². The molecule has 4 rings (SSSR count). The number of rotatable bonds is 4. The van der Waals surface area contributed by atoms with Crippen molar-refractivity contribution in [2.24, 2.45) is 11.8 Å². The minimum Gasteiger partial charge on any atom is -0.375 e. The average molecular weight is 347 g/mol. The van der Waals surface area contributed by atoms with Gasteiger partial charge in [-0.1, -0.05) is 0 Å². The quantitative estimate of drug-likeness (QED) is 0.832. The Hall–Kier alpha value is -1.53. The molecule has 1 amide bonds. The first-order valence-electron chi connectivity index (χ1n) is 9.39. The number of likely N-dealkylation sites (tertiary alicyclic amines) is 1. The van der Waals surface area contributed by atoms with E-state index < -0.39 is 0 Å². The summed E-state index contributed by atoms with van der Waals surface area (Å²) in [7, 11) is 0. The Morgan fingerprint density at radius 2 is 2.12 bits per heavy atom. The van der Waals surface area contributed by atoms with Crippen molar-refractivity contribution >= 4 is 5.91 Å². The van der Waals surface area contributed by atoms with Gasteiger partial charge in [-0.05, 0) is 37.3 Å². The number of ether oxygens (including phenoxy) is 1. The summed E-state index contributed by atoms with van der Waals surface area (Å²) in [6.45, 7) is 5.53. The van der Waals surface area contributed by atoms with Crippen LogP contribution in [0.3, 0.4) is 0 Å². The SMILES string of the molecule is O=C(Cc1ccc(F)cn1)N1CC[C@@H]2CN(CC3CC3)CCO[C@@H]2C1. The van der Waals surface area contributed by atoms with E-state index in [4.69, 9.17) is 4.74 Å². The monoisotopic (exact) mass is 347 g/mol. The average Bonchev–Trinajstić information content (AvgIpc) is 3.43. The van der Waals surface area contributed by atoms with Crippen LogP contribution in [0.5, 0.6) is 0 Å². The summed E-state index contributed by atoms with van der Waals surface area (Å²) >= 11 is 0. The maximum absolute atomic E-state index is 12.9. The molecule has 5 nitrogen and oxygen atoms in total. The van der Waals surface area contributed by atoms with Crippen molar-refractivity contribution in [1.29, 1.82) is 0 Å². The smallest absolute Gasteiger partial charge is 0.228 e. The summed E-state index contributed by atoms with van der Waals surface area (Å²) in [5, 5.41) is 0. The zero-order valence-corrected chi connectivity index (χ0v) is 14.6. The highest BCUT2D eigenvalue weighted by molar-refractivity contribution is 5.78. The molecule has 0 N–H and O–H groups in total. The van der Waals surface area contributed by atoms with E-state index >= 15 is 0 Å². The fourth-order valence-corrected chi connectivity index (χ4v) is 3.95. The maximum Gasteiger partial charge on any atom is 0.228 e. The van der Waals surface area contributed by atoms with Gasteiger partial charge in [0.25, 0.3) is 0 Å². The number of hydrogen-bond acceptors (Lipinski definition) is 4. The summed E-state index contributed by atoms with van der Waals surface area (Å²) in [4.78, 5) is 21.0. The fraction of sp³-hybridized carbons (Fsp3) is 0.684. The number of halogens is 1. The number of hydrogen-bond donors (Lipinski definition) is 0. The van der Waals surface area contributed by atoms with Crippen LogP contribution in [0.15, 0.2) is 18.3 Å². The molecular weight excluding hydrogens is 321 g/mol. The lowest BCUT2D eigenvalue weighted by atomic mass is 9.93. The third kappa shape index (κ3) is 4.36. The number of amides is 1. The molecule has 1 aromatic rings. The second-order valence-corrected chi connectivity index (χ2v) is 7.65. The van der Waals surface area contributed by atoms with E-state index in [1.165, 1.54) is 25.5 Å². The standard InChI is InChI=1S/C19H26FN3O2/c20-16-3-4-17(21-10-16)9-19(24)23-6-5-15-12-22(11-14-1-2-14)7-8-25-18(15)13-23/h3-4,10,14-15,18H,1-2,5-9,11-13H2/t15-,18-/m1/s1. The van der Waals surface area contributed by atoms with Crippen LogP contribution in [0.1, 0.15) is 25.0 Å². The minimum atomic E-state index is -0.375. The first kappa shape index (κ1) is 16.9. The molecule has 6 heteroatoms. The third-order valence-electron chi connectivity index (χ3n) is 5.62. The molecule has 0 bridgehead atoms. The van der Waals surface area contributed by atoms with E-state index in [1.807, 2.05) is 4.90 Å².